The van der Waals surface area contributed by atoms with Gasteiger partial charge in [-0.2, -0.15) is 0 Å². The van der Waals surface area contributed by atoms with E-state index in [0.717, 1.165) is 18.4 Å². The Bertz CT molecular complexity index is 775. The molecule has 25 heavy (non-hydrogen) atoms. The van der Waals surface area contributed by atoms with Crippen molar-refractivity contribution >= 4 is 23.2 Å². The molecule has 1 amide bonds. The van der Waals surface area contributed by atoms with Gasteiger partial charge in [0.05, 0.1) is 15.5 Å². The smallest absolute Gasteiger partial charge is 0.270 e. The molecule has 5 nitrogen and oxygen atoms in total. The lowest BCUT2D eigenvalue weighted by atomic mass is 9.85. The minimum absolute atomic E-state index is 0.116. The molecule has 1 aliphatic carbocycles. The highest BCUT2D eigenvalue weighted by Gasteiger charge is 2.26. The van der Waals surface area contributed by atoms with Gasteiger partial charge in [0.1, 0.15) is 0 Å². The molecule has 130 valence electrons. The zero-order chi connectivity index (χ0) is 17.8. The van der Waals surface area contributed by atoms with Gasteiger partial charge in [-0.15, -0.1) is 0 Å². The average molecular weight is 359 g/mol. The molecule has 0 radical (unpaired) electrons. The third-order valence-electron chi connectivity index (χ3n) is 4.60. The molecule has 1 fully saturated rings. The van der Waals surface area contributed by atoms with Crippen LogP contribution in [0.3, 0.4) is 0 Å². The second-order valence-corrected chi connectivity index (χ2v) is 6.80. The molecule has 0 N–H and O–H groups in total. The average Bonchev–Trinajstić information content (AvgIpc) is 2.57. The molecule has 0 aromatic heterocycles. The zero-order valence-electron chi connectivity index (χ0n) is 13.7. The largest absolute Gasteiger partial charge is 0.334 e. The highest BCUT2D eigenvalue weighted by Crippen LogP contribution is 2.29. The van der Waals surface area contributed by atoms with E-state index in [0.29, 0.717) is 24.6 Å². The number of hydrogen-bond donors (Lipinski definition) is 0. The first-order valence-electron chi connectivity index (χ1n) is 8.31. The lowest BCUT2D eigenvalue weighted by molar-refractivity contribution is -0.384. The van der Waals surface area contributed by atoms with Crippen molar-refractivity contribution in [2.24, 2.45) is 5.92 Å². The number of hydrogen-bond acceptors (Lipinski definition) is 3. The van der Waals surface area contributed by atoms with Crippen LogP contribution in [0.4, 0.5) is 5.69 Å². The first-order chi connectivity index (χ1) is 12.0. The molecule has 0 saturated heterocycles. The van der Waals surface area contributed by atoms with E-state index < -0.39 is 4.92 Å². The van der Waals surface area contributed by atoms with E-state index in [2.05, 4.69) is 0 Å². The van der Waals surface area contributed by atoms with E-state index in [4.69, 9.17) is 11.6 Å². The lowest BCUT2D eigenvalue weighted by Crippen LogP contribution is -2.37. The van der Waals surface area contributed by atoms with Crippen molar-refractivity contribution in [1.82, 2.24) is 4.90 Å². The molecule has 0 spiro atoms. The summed E-state index contributed by atoms with van der Waals surface area (Å²) in [4.78, 5) is 25.1. The Kier molecular flexibility index (Phi) is 5.34. The summed E-state index contributed by atoms with van der Waals surface area (Å²) in [5, 5.41) is 11.0. The fourth-order valence-electron chi connectivity index (χ4n) is 2.97. The van der Waals surface area contributed by atoms with Crippen molar-refractivity contribution in [2.75, 3.05) is 6.54 Å². The van der Waals surface area contributed by atoms with Crippen molar-refractivity contribution in [3.63, 3.8) is 0 Å². The maximum Gasteiger partial charge on any atom is 0.270 e. The van der Waals surface area contributed by atoms with Crippen LogP contribution >= 0.6 is 11.6 Å². The SMILES string of the molecule is O=C(c1ccc([N+](=O)[O-])cc1Cl)N(Cc1ccccc1)CC1CCC1. The number of halogens is 1. The molecule has 0 bridgehead atoms. The summed E-state index contributed by atoms with van der Waals surface area (Å²) in [6.07, 6.45) is 3.47. The zero-order valence-corrected chi connectivity index (χ0v) is 14.5. The van der Waals surface area contributed by atoms with Crippen molar-refractivity contribution < 1.29 is 9.72 Å². The highest BCUT2D eigenvalue weighted by atomic mass is 35.5. The van der Waals surface area contributed by atoms with Crippen LogP contribution in [-0.2, 0) is 6.54 Å². The van der Waals surface area contributed by atoms with Crippen LogP contribution in [-0.4, -0.2) is 22.3 Å². The third kappa shape index (κ3) is 4.17. The minimum atomic E-state index is -0.518. The van der Waals surface area contributed by atoms with Crippen molar-refractivity contribution in [3.8, 4) is 0 Å². The van der Waals surface area contributed by atoms with E-state index >= 15 is 0 Å². The number of benzene rings is 2. The monoisotopic (exact) mass is 358 g/mol. The van der Waals surface area contributed by atoms with E-state index in [1.54, 1.807) is 4.90 Å². The van der Waals surface area contributed by atoms with E-state index in [-0.39, 0.29) is 16.6 Å². The normalized spacial score (nSPS) is 14.0. The lowest BCUT2D eigenvalue weighted by Gasteiger charge is -2.32. The van der Waals surface area contributed by atoms with E-state index in [1.807, 2.05) is 30.3 Å². The van der Waals surface area contributed by atoms with Gasteiger partial charge in [-0.1, -0.05) is 48.4 Å². The first-order valence-corrected chi connectivity index (χ1v) is 8.69. The van der Waals surface area contributed by atoms with Crippen LogP contribution in [0.15, 0.2) is 48.5 Å². The van der Waals surface area contributed by atoms with Gasteiger partial charge in [-0.05, 0) is 30.4 Å². The van der Waals surface area contributed by atoms with Gasteiger partial charge in [-0.25, -0.2) is 0 Å². The quantitative estimate of drug-likeness (QED) is 0.555. The molecule has 1 saturated carbocycles. The Labute approximate surface area is 151 Å². The topological polar surface area (TPSA) is 63.4 Å². The molecule has 2 aromatic rings. The summed E-state index contributed by atoms with van der Waals surface area (Å²) in [6.45, 7) is 1.19. The van der Waals surface area contributed by atoms with E-state index in [1.165, 1.54) is 24.6 Å². The van der Waals surface area contributed by atoms with Crippen LogP contribution in [0, 0.1) is 16.0 Å². The van der Waals surface area contributed by atoms with Gasteiger partial charge in [0.15, 0.2) is 0 Å². The molecule has 2 aromatic carbocycles. The number of rotatable bonds is 6. The number of nitro benzene ring substituents is 1. The summed E-state index contributed by atoms with van der Waals surface area (Å²) in [5.41, 5.74) is 1.24. The maximum atomic E-state index is 13.0. The number of non-ortho nitro benzene ring substituents is 1. The predicted molar refractivity (Wildman–Crippen MR) is 96.6 cm³/mol. The molecule has 3 rings (SSSR count). The van der Waals surface area contributed by atoms with Crippen molar-refractivity contribution in [2.45, 2.75) is 25.8 Å². The van der Waals surface area contributed by atoms with Crippen LogP contribution in [0.2, 0.25) is 5.02 Å². The third-order valence-corrected chi connectivity index (χ3v) is 4.91. The van der Waals surface area contributed by atoms with Crippen LogP contribution in [0.25, 0.3) is 0 Å². The van der Waals surface area contributed by atoms with Gasteiger partial charge in [0.25, 0.3) is 11.6 Å². The molecule has 0 unspecified atom stereocenters. The second-order valence-electron chi connectivity index (χ2n) is 6.39. The second kappa shape index (κ2) is 7.66. The standard InChI is InChI=1S/C19H19ClN2O3/c20-18-11-16(22(24)25)9-10-17(18)19(23)21(13-15-7-4-8-15)12-14-5-2-1-3-6-14/h1-3,5-6,9-11,15H,4,7-8,12-13H2. The first kappa shape index (κ1) is 17.4. The Balaban J connectivity index is 1.83. The highest BCUT2D eigenvalue weighted by molar-refractivity contribution is 6.34. The van der Waals surface area contributed by atoms with Gasteiger partial charge in [-0.3, -0.25) is 14.9 Å². The fourth-order valence-corrected chi connectivity index (χ4v) is 3.23. The molecule has 0 aliphatic heterocycles. The Morgan fingerprint density at radius 2 is 1.92 bits per heavy atom. The van der Waals surface area contributed by atoms with Gasteiger partial charge >= 0.3 is 0 Å². The van der Waals surface area contributed by atoms with Crippen molar-refractivity contribution in [1.29, 1.82) is 0 Å². The summed E-state index contributed by atoms with van der Waals surface area (Å²) in [6, 6.07) is 13.8. The summed E-state index contributed by atoms with van der Waals surface area (Å²) in [5.74, 6) is 0.333. The fraction of sp³-hybridized carbons (Fsp3) is 0.316. The molecule has 0 heterocycles. The Hall–Kier alpha value is -2.40. The van der Waals surface area contributed by atoms with Gasteiger partial charge in [0.2, 0.25) is 0 Å². The summed E-state index contributed by atoms with van der Waals surface area (Å²) >= 11 is 6.15. The molecular formula is C19H19ClN2O3. The Morgan fingerprint density at radius 3 is 2.48 bits per heavy atom. The predicted octanol–water partition coefficient (Wildman–Crippen LogP) is 4.69. The van der Waals surface area contributed by atoms with Gasteiger partial charge < -0.3 is 4.90 Å². The number of amides is 1. The van der Waals surface area contributed by atoms with E-state index in [9.17, 15) is 14.9 Å². The molecule has 1 aliphatic rings. The van der Waals surface area contributed by atoms with Gasteiger partial charge in [0, 0.05) is 25.2 Å². The van der Waals surface area contributed by atoms with Crippen LogP contribution in [0.1, 0.15) is 35.2 Å². The number of nitrogens with zero attached hydrogens (tertiary/aromatic N) is 2. The summed E-state index contributed by atoms with van der Waals surface area (Å²) in [7, 11) is 0. The maximum absolute atomic E-state index is 13.0. The van der Waals surface area contributed by atoms with Crippen molar-refractivity contribution in [3.05, 3.63) is 74.8 Å². The number of carbonyl (C=O) groups excluding carboxylic acids is 1. The number of carbonyl (C=O) groups is 1. The van der Waals surface area contributed by atoms with Crippen LogP contribution < -0.4 is 0 Å². The Morgan fingerprint density at radius 1 is 1.20 bits per heavy atom. The molecular weight excluding hydrogens is 340 g/mol. The number of nitro groups is 1. The summed E-state index contributed by atoms with van der Waals surface area (Å²) < 4.78 is 0. The minimum Gasteiger partial charge on any atom is -0.334 e. The molecule has 0 atom stereocenters. The van der Waals surface area contributed by atoms with Crippen LogP contribution in [0.5, 0.6) is 0 Å². The molecule has 6 heteroatoms.